The molecule has 6 heteroatoms. The molecule has 1 amide bonds. The van der Waals surface area contributed by atoms with Crippen LogP contribution in [0.3, 0.4) is 0 Å². The summed E-state index contributed by atoms with van der Waals surface area (Å²) < 4.78 is 5.50. The van der Waals surface area contributed by atoms with Gasteiger partial charge in [-0.2, -0.15) is 0 Å². The van der Waals surface area contributed by atoms with Crippen LogP contribution in [0.15, 0.2) is 18.2 Å². The standard InChI is InChI=1S/C18H25N3O2S/c1-13-5-3-6-14(2)16(13)19-18(24)21-10-8-20(9-11-21)17(22)15-7-4-12-23-15/h3,5-6,15H,4,7-12H2,1-2H3,(H,19,24)/t15-/m1/s1. The van der Waals surface area contributed by atoms with Crippen molar-refractivity contribution in [3.05, 3.63) is 29.3 Å². The summed E-state index contributed by atoms with van der Waals surface area (Å²) in [5, 5.41) is 4.11. The van der Waals surface area contributed by atoms with Crippen LogP contribution < -0.4 is 5.32 Å². The van der Waals surface area contributed by atoms with Crippen molar-refractivity contribution >= 4 is 28.9 Å². The maximum absolute atomic E-state index is 12.4. The van der Waals surface area contributed by atoms with Gasteiger partial charge in [0.2, 0.25) is 0 Å². The van der Waals surface area contributed by atoms with Gasteiger partial charge in [0, 0.05) is 38.5 Å². The zero-order valence-electron chi connectivity index (χ0n) is 14.4. The van der Waals surface area contributed by atoms with E-state index < -0.39 is 0 Å². The van der Waals surface area contributed by atoms with Gasteiger partial charge in [0.05, 0.1) is 0 Å². The van der Waals surface area contributed by atoms with Gasteiger partial charge in [-0.25, -0.2) is 0 Å². The summed E-state index contributed by atoms with van der Waals surface area (Å²) >= 11 is 5.57. The first-order valence-electron chi connectivity index (χ1n) is 8.59. The van der Waals surface area contributed by atoms with E-state index in [-0.39, 0.29) is 12.0 Å². The van der Waals surface area contributed by atoms with Crippen molar-refractivity contribution in [1.29, 1.82) is 0 Å². The quantitative estimate of drug-likeness (QED) is 0.832. The number of carbonyl (C=O) groups is 1. The van der Waals surface area contributed by atoms with Gasteiger partial charge in [0.15, 0.2) is 5.11 Å². The van der Waals surface area contributed by atoms with Gasteiger partial charge in [0.25, 0.3) is 5.91 Å². The Morgan fingerprint density at radius 3 is 2.38 bits per heavy atom. The highest BCUT2D eigenvalue weighted by molar-refractivity contribution is 7.80. The molecule has 1 aromatic rings. The second kappa shape index (κ2) is 7.49. The molecule has 0 unspecified atom stereocenters. The number of rotatable bonds is 2. The highest BCUT2D eigenvalue weighted by Gasteiger charge is 2.30. The molecule has 0 bridgehead atoms. The molecule has 130 valence electrons. The van der Waals surface area contributed by atoms with Gasteiger partial charge in [-0.3, -0.25) is 4.79 Å². The van der Waals surface area contributed by atoms with Crippen LogP contribution in [0.4, 0.5) is 5.69 Å². The number of nitrogens with one attached hydrogen (secondary N) is 1. The van der Waals surface area contributed by atoms with Crippen LogP contribution in [0.25, 0.3) is 0 Å². The number of ether oxygens (including phenoxy) is 1. The van der Waals surface area contributed by atoms with Gasteiger partial charge in [0.1, 0.15) is 6.10 Å². The summed E-state index contributed by atoms with van der Waals surface area (Å²) in [6.07, 6.45) is 1.61. The van der Waals surface area contributed by atoms with Crippen molar-refractivity contribution in [3.8, 4) is 0 Å². The summed E-state index contributed by atoms with van der Waals surface area (Å²) in [5.41, 5.74) is 3.45. The Bertz CT molecular complexity index is 600. The number of thiocarbonyl (C=S) groups is 1. The number of hydrogen-bond donors (Lipinski definition) is 1. The third kappa shape index (κ3) is 3.70. The fourth-order valence-corrected chi connectivity index (χ4v) is 3.59. The number of anilines is 1. The van der Waals surface area contributed by atoms with Gasteiger partial charge in [-0.15, -0.1) is 0 Å². The lowest BCUT2D eigenvalue weighted by molar-refractivity contribution is -0.142. The fourth-order valence-electron chi connectivity index (χ4n) is 3.30. The molecule has 2 aliphatic rings. The predicted octanol–water partition coefficient (Wildman–Crippen LogP) is 2.32. The van der Waals surface area contributed by atoms with E-state index in [0.717, 1.165) is 36.7 Å². The molecule has 24 heavy (non-hydrogen) atoms. The fraction of sp³-hybridized carbons (Fsp3) is 0.556. The van der Waals surface area contributed by atoms with Crippen molar-refractivity contribution in [1.82, 2.24) is 9.80 Å². The lowest BCUT2D eigenvalue weighted by Gasteiger charge is -2.37. The van der Waals surface area contributed by atoms with E-state index in [1.54, 1.807) is 0 Å². The number of nitrogens with zero attached hydrogens (tertiary/aromatic N) is 2. The number of hydrogen-bond acceptors (Lipinski definition) is 3. The number of piperazine rings is 1. The molecule has 2 aliphatic heterocycles. The van der Waals surface area contributed by atoms with Crippen molar-refractivity contribution < 1.29 is 9.53 Å². The topological polar surface area (TPSA) is 44.8 Å². The third-order valence-corrected chi connectivity index (χ3v) is 5.16. The Labute approximate surface area is 149 Å². The molecule has 1 N–H and O–H groups in total. The molecule has 0 aromatic heterocycles. The zero-order valence-corrected chi connectivity index (χ0v) is 15.2. The molecule has 0 saturated carbocycles. The normalized spacial score (nSPS) is 21.0. The van der Waals surface area contributed by atoms with E-state index in [2.05, 4.69) is 36.2 Å². The van der Waals surface area contributed by atoms with E-state index in [9.17, 15) is 4.79 Å². The first-order chi connectivity index (χ1) is 11.6. The van der Waals surface area contributed by atoms with Crippen molar-refractivity contribution in [2.24, 2.45) is 0 Å². The second-order valence-electron chi connectivity index (χ2n) is 6.51. The molecule has 0 aliphatic carbocycles. The average molecular weight is 347 g/mol. The highest BCUT2D eigenvalue weighted by atomic mass is 32.1. The van der Waals surface area contributed by atoms with E-state index in [0.29, 0.717) is 19.7 Å². The molecule has 5 nitrogen and oxygen atoms in total. The van der Waals surface area contributed by atoms with E-state index in [4.69, 9.17) is 17.0 Å². The largest absolute Gasteiger partial charge is 0.368 e. The molecule has 3 rings (SSSR count). The SMILES string of the molecule is Cc1cccc(C)c1NC(=S)N1CCN(C(=O)[C@H]2CCCO2)CC1. The number of benzene rings is 1. The minimum absolute atomic E-state index is 0.140. The molecule has 1 aromatic carbocycles. The molecule has 2 saturated heterocycles. The van der Waals surface area contributed by atoms with Crippen molar-refractivity contribution in [3.63, 3.8) is 0 Å². The minimum atomic E-state index is -0.226. The molecular formula is C18H25N3O2S. The smallest absolute Gasteiger partial charge is 0.251 e. The molecular weight excluding hydrogens is 322 g/mol. The predicted molar refractivity (Wildman–Crippen MR) is 99.3 cm³/mol. The summed E-state index contributed by atoms with van der Waals surface area (Å²) in [7, 11) is 0. The molecule has 1 atom stereocenters. The number of para-hydroxylation sites is 1. The maximum atomic E-state index is 12.4. The molecule has 2 fully saturated rings. The van der Waals surface area contributed by atoms with Gasteiger partial charge < -0.3 is 19.9 Å². The van der Waals surface area contributed by atoms with Crippen LogP contribution in [-0.2, 0) is 9.53 Å². The maximum Gasteiger partial charge on any atom is 0.251 e. The van der Waals surface area contributed by atoms with Crippen LogP contribution in [0.5, 0.6) is 0 Å². The van der Waals surface area contributed by atoms with Crippen LogP contribution in [0, 0.1) is 13.8 Å². The Morgan fingerprint density at radius 2 is 1.79 bits per heavy atom. The summed E-state index contributed by atoms with van der Waals surface area (Å²) in [6.45, 7) is 7.79. The summed E-state index contributed by atoms with van der Waals surface area (Å²) in [4.78, 5) is 16.4. The van der Waals surface area contributed by atoms with Gasteiger partial charge in [-0.1, -0.05) is 18.2 Å². The zero-order chi connectivity index (χ0) is 17.1. The van der Waals surface area contributed by atoms with Crippen molar-refractivity contribution in [2.45, 2.75) is 32.8 Å². The van der Waals surface area contributed by atoms with Crippen molar-refractivity contribution in [2.75, 3.05) is 38.1 Å². The lowest BCUT2D eigenvalue weighted by atomic mass is 10.1. The van der Waals surface area contributed by atoms with Gasteiger partial charge in [-0.05, 0) is 50.0 Å². The molecule has 0 radical (unpaired) electrons. The van der Waals surface area contributed by atoms with Gasteiger partial charge >= 0.3 is 0 Å². The Morgan fingerprint density at radius 1 is 1.17 bits per heavy atom. The first-order valence-corrected chi connectivity index (χ1v) is 8.99. The number of aryl methyl sites for hydroxylation is 2. The Hall–Kier alpha value is -1.66. The first kappa shape index (κ1) is 17.2. The average Bonchev–Trinajstić information content (AvgIpc) is 3.12. The number of carbonyl (C=O) groups excluding carboxylic acids is 1. The van der Waals surface area contributed by atoms with E-state index in [1.807, 2.05) is 11.0 Å². The minimum Gasteiger partial charge on any atom is -0.368 e. The van der Waals surface area contributed by atoms with E-state index >= 15 is 0 Å². The Kier molecular flexibility index (Phi) is 5.36. The van der Waals surface area contributed by atoms with Crippen LogP contribution in [-0.4, -0.2) is 59.7 Å². The van der Waals surface area contributed by atoms with Crippen LogP contribution >= 0.6 is 12.2 Å². The van der Waals surface area contributed by atoms with Crippen LogP contribution in [0.1, 0.15) is 24.0 Å². The third-order valence-electron chi connectivity index (χ3n) is 4.80. The second-order valence-corrected chi connectivity index (χ2v) is 6.90. The monoisotopic (exact) mass is 347 g/mol. The lowest BCUT2D eigenvalue weighted by Crippen LogP contribution is -2.53. The summed E-state index contributed by atoms with van der Waals surface area (Å²) in [6, 6.07) is 6.21. The molecule has 0 spiro atoms. The number of amides is 1. The van der Waals surface area contributed by atoms with Crippen LogP contribution in [0.2, 0.25) is 0 Å². The highest BCUT2D eigenvalue weighted by Crippen LogP contribution is 2.21. The van der Waals surface area contributed by atoms with E-state index in [1.165, 1.54) is 11.1 Å². The summed E-state index contributed by atoms with van der Waals surface area (Å²) in [5.74, 6) is 0.140. The molecule has 2 heterocycles. The Balaban J connectivity index is 1.54.